The molecule has 2 saturated heterocycles. The minimum absolute atomic E-state index is 0.0920. The summed E-state index contributed by atoms with van der Waals surface area (Å²) < 4.78 is 18.5. The van der Waals surface area contributed by atoms with Gasteiger partial charge in [-0.1, -0.05) is 11.6 Å². The number of methoxy groups -OCH3 is 1. The molecule has 2 aliphatic heterocycles. The number of rotatable bonds is 9. The second-order valence-electron chi connectivity index (χ2n) is 9.24. The zero-order valence-corrected chi connectivity index (χ0v) is 22.5. The van der Waals surface area contributed by atoms with Gasteiger partial charge in [-0.3, -0.25) is 14.5 Å². The van der Waals surface area contributed by atoms with Gasteiger partial charge in [0.2, 0.25) is 5.91 Å². The molecule has 11 heteroatoms. The van der Waals surface area contributed by atoms with Crippen molar-refractivity contribution < 1.29 is 18.7 Å². The van der Waals surface area contributed by atoms with Gasteiger partial charge in [-0.2, -0.15) is 0 Å². The summed E-state index contributed by atoms with van der Waals surface area (Å²) in [7, 11) is 3.64. The lowest BCUT2D eigenvalue weighted by Gasteiger charge is -2.33. The number of hydrogen-bond acceptors (Lipinski definition) is 6. The molecule has 4 rings (SSSR count). The number of nitrogens with one attached hydrogen (secondary N) is 1. The van der Waals surface area contributed by atoms with E-state index in [-0.39, 0.29) is 18.2 Å². The highest BCUT2D eigenvalue weighted by molar-refractivity contribution is 7.80. The molecule has 0 aliphatic carbocycles. The maximum atomic E-state index is 13.6. The third-order valence-corrected chi connectivity index (χ3v) is 7.40. The Balaban J connectivity index is 1.49. The average molecular weight is 548 g/mol. The lowest BCUT2D eigenvalue weighted by Crippen LogP contribution is -2.45. The SMILES string of the molecule is COc1ccc(N2C(=O)[C@H](CC(=O)Nc3ccc(F)cc3)N(CCCN3CCN(C)CC3)C2=S)cc1Cl. The highest BCUT2D eigenvalue weighted by Crippen LogP contribution is 2.33. The van der Waals surface area contributed by atoms with Crippen molar-refractivity contribution in [3.63, 3.8) is 0 Å². The molecule has 1 atom stereocenters. The second-order valence-corrected chi connectivity index (χ2v) is 10.0. The van der Waals surface area contributed by atoms with Gasteiger partial charge in [-0.25, -0.2) is 4.39 Å². The van der Waals surface area contributed by atoms with E-state index in [0.29, 0.717) is 33.8 Å². The molecule has 0 radical (unpaired) electrons. The first-order chi connectivity index (χ1) is 17.8. The van der Waals surface area contributed by atoms with Crippen LogP contribution >= 0.6 is 23.8 Å². The molecule has 0 bridgehead atoms. The quantitative estimate of drug-likeness (QED) is 0.482. The fourth-order valence-corrected chi connectivity index (χ4v) is 5.24. The maximum Gasteiger partial charge on any atom is 0.256 e. The van der Waals surface area contributed by atoms with Gasteiger partial charge in [0.05, 0.1) is 24.2 Å². The number of nitrogens with zero attached hydrogens (tertiary/aromatic N) is 4. The van der Waals surface area contributed by atoms with Gasteiger partial charge in [0.15, 0.2) is 5.11 Å². The van der Waals surface area contributed by atoms with Crippen LogP contribution in [0.25, 0.3) is 0 Å². The largest absolute Gasteiger partial charge is 0.495 e. The van der Waals surface area contributed by atoms with Gasteiger partial charge in [-0.05, 0) is 74.7 Å². The first-order valence-electron chi connectivity index (χ1n) is 12.2. The Morgan fingerprint density at radius 2 is 1.84 bits per heavy atom. The highest BCUT2D eigenvalue weighted by Gasteiger charge is 2.44. The molecule has 2 aliphatic rings. The van der Waals surface area contributed by atoms with E-state index in [4.69, 9.17) is 28.6 Å². The predicted octanol–water partition coefficient (Wildman–Crippen LogP) is 3.46. The Bertz CT molecular complexity index is 1140. The zero-order valence-electron chi connectivity index (χ0n) is 21.0. The summed E-state index contributed by atoms with van der Waals surface area (Å²) in [6, 6.07) is 9.77. The van der Waals surface area contributed by atoms with Crippen LogP contribution in [0.2, 0.25) is 5.02 Å². The molecule has 0 saturated carbocycles. The number of carbonyl (C=O) groups is 2. The monoisotopic (exact) mass is 547 g/mol. The van der Waals surface area contributed by atoms with Crippen LogP contribution in [-0.4, -0.2) is 91.1 Å². The number of hydrogen-bond donors (Lipinski definition) is 1. The van der Waals surface area contributed by atoms with Crippen LogP contribution < -0.4 is 15.0 Å². The summed E-state index contributed by atoms with van der Waals surface area (Å²) in [6.07, 6.45) is 0.704. The molecule has 2 heterocycles. The summed E-state index contributed by atoms with van der Waals surface area (Å²) in [5.74, 6) is -0.552. The van der Waals surface area contributed by atoms with Crippen molar-refractivity contribution >= 4 is 52.1 Å². The molecule has 0 unspecified atom stereocenters. The van der Waals surface area contributed by atoms with Crippen molar-refractivity contribution in [2.24, 2.45) is 0 Å². The normalized spacial score (nSPS) is 19.0. The van der Waals surface area contributed by atoms with E-state index in [1.165, 1.54) is 36.3 Å². The van der Waals surface area contributed by atoms with E-state index in [1.807, 2.05) is 4.90 Å². The predicted molar refractivity (Wildman–Crippen MR) is 147 cm³/mol. The third-order valence-electron chi connectivity index (χ3n) is 6.69. The Labute approximate surface area is 226 Å². The molecule has 1 N–H and O–H groups in total. The Morgan fingerprint density at radius 3 is 2.49 bits per heavy atom. The molecule has 2 fully saturated rings. The van der Waals surface area contributed by atoms with Crippen molar-refractivity contribution in [3.05, 3.63) is 53.3 Å². The van der Waals surface area contributed by atoms with Crippen molar-refractivity contribution in [1.29, 1.82) is 0 Å². The summed E-state index contributed by atoms with van der Waals surface area (Å²) in [5.41, 5.74) is 0.978. The topological polar surface area (TPSA) is 68.4 Å². The van der Waals surface area contributed by atoms with Gasteiger partial charge < -0.3 is 24.8 Å². The molecule has 8 nitrogen and oxygen atoms in total. The van der Waals surface area contributed by atoms with E-state index in [9.17, 15) is 14.0 Å². The van der Waals surface area contributed by atoms with Crippen molar-refractivity contribution in [2.75, 3.05) is 63.6 Å². The van der Waals surface area contributed by atoms with Gasteiger partial charge >= 0.3 is 0 Å². The van der Waals surface area contributed by atoms with Crippen molar-refractivity contribution in [1.82, 2.24) is 14.7 Å². The molecule has 2 aromatic rings. The Kier molecular flexibility index (Phi) is 8.96. The molecular weight excluding hydrogens is 517 g/mol. The molecule has 2 aromatic carbocycles. The first kappa shape index (κ1) is 27.3. The number of halogens is 2. The average Bonchev–Trinajstić information content (AvgIpc) is 3.10. The van der Waals surface area contributed by atoms with Crippen LogP contribution in [0.5, 0.6) is 5.75 Å². The minimum Gasteiger partial charge on any atom is -0.495 e. The molecule has 0 aromatic heterocycles. The Morgan fingerprint density at radius 1 is 1.14 bits per heavy atom. The number of anilines is 2. The van der Waals surface area contributed by atoms with Gasteiger partial charge in [-0.15, -0.1) is 0 Å². The van der Waals surface area contributed by atoms with E-state index in [2.05, 4.69) is 22.2 Å². The summed E-state index contributed by atoms with van der Waals surface area (Å²) in [6.45, 7) is 5.47. The zero-order chi connectivity index (χ0) is 26.5. The first-order valence-corrected chi connectivity index (χ1v) is 13.0. The number of piperazine rings is 1. The number of ether oxygens (including phenoxy) is 1. The summed E-state index contributed by atoms with van der Waals surface area (Å²) in [5, 5.41) is 3.44. The number of thiocarbonyl (C=S) groups is 1. The maximum absolute atomic E-state index is 13.6. The molecule has 0 spiro atoms. The van der Waals surface area contributed by atoms with Crippen molar-refractivity contribution in [3.8, 4) is 5.75 Å². The van der Waals surface area contributed by atoms with E-state index in [0.717, 1.165) is 39.1 Å². The van der Waals surface area contributed by atoms with E-state index >= 15 is 0 Å². The Hall–Kier alpha value is -2.79. The smallest absolute Gasteiger partial charge is 0.256 e. The number of benzene rings is 2. The standard InChI is InChI=1S/C26H31ClFN5O3S/c1-30-12-14-31(15-13-30)10-3-11-32-22(17-24(34)29-19-6-4-18(28)5-7-19)25(35)33(26(32)37)20-8-9-23(36-2)21(27)16-20/h4-9,16,22H,3,10-15,17H2,1-2H3,(H,29,34)/t22-/m0/s1. The summed E-state index contributed by atoms with van der Waals surface area (Å²) in [4.78, 5) is 34.5. The van der Waals surface area contributed by atoms with E-state index < -0.39 is 11.9 Å². The van der Waals surface area contributed by atoms with Crippen LogP contribution in [0, 0.1) is 5.82 Å². The number of amides is 2. The van der Waals surface area contributed by atoms with Crippen LogP contribution in [0.15, 0.2) is 42.5 Å². The number of carbonyl (C=O) groups excluding carboxylic acids is 2. The summed E-state index contributed by atoms with van der Waals surface area (Å²) >= 11 is 12.1. The third kappa shape index (κ3) is 6.56. The lowest BCUT2D eigenvalue weighted by atomic mass is 10.1. The van der Waals surface area contributed by atoms with Crippen molar-refractivity contribution in [2.45, 2.75) is 18.9 Å². The molecule has 198 valence electrons. The highest BCUT2D eigenvalue weighted by atomic mass is 35.5. The molecule has 37 heavy (non-hydrogen) atoms. The second kappa shape index (κ2) is 12.2. The van der Waals surface area contributed by atoms with Gasteiger partial charge in [0.25, 0.3) is 5.91 Å². The molecular formula is C26H31ClFN5O3S. The van der Waals surface area contributed by atoms with Crippen LogP contribution in [0.1, 0.15) is 12.8 Å². The number of likely N-dealkylation sites (N-methyl/N-ethyl adjacent to an activating group) is 1. The fourth-order valence-electron chi connectivity index (χ4n) is 4.58. The van der Waals surface area contributed by atoms with Gasteiger partial charge in [0.1, 0.15) is 17.6 Å². The minimum atomic E-state index is -0.763. The fraction of sp³-hybridized carbons (Fsp3) is 0.423. The van der Waals surface area contributed by atoms with Gasteiger partial charge in [0, 0.05) is 38.4 Å². The van der Waals surface area contributed by atoms with Crippen LogP contribution in [0.4, 0.5) is 15.8 Å². The van der Waals surface area contributed by atoms with Crippen LogP contribution in [-0.2, 0) is 9.59 Å². The molecule has 2 amide bonds. The van der Waals surface area contributed by atoms with E-state index in [1.54, 1.807) is 18.2 Å². The lowest BCUT2D eigenvalue weighted by molar-refractivity contribution is -0.124. The van der Waals surface area contributed by atoms with Crippen LogP contribution in [0.3, 0.4) is 0 Å².